The number of fused-ring (bicyclic) bond motifs is 1. The second-order valence-corrected chi connectivity index (χ2v) is 8.93. The van der Waals surface area contributed by atoms with Gasteiger partial charge in [-0.15, -0.1) is 0 Å². The molecule has 0 aliphatic heterocycles. The highest BCUT2D eigenvalue weighted by molar-refractivity contribution is 9.10. The lowest BCUT2D eigenvalue weighted by molar-refractivity contribution is -0.115. The van der Waals surface area contributed by atoms with E-state index in [0.717, 1.165) is 10.9 Å². The summed E-state index contributed by atoms with van der Waals surface area (Å²) < 4.78 is 2.43. The average Bonchev–Trinajstić information content (AvgIpc) is 2.71. The van der Waals surface area contributed by atoms with E-state index in [-0.39, 0.29) is 11.5 Å². The summed E-state index contributed by atoms with van der Waals surface area (Å²) in [6.07, 6.45) is 0.765. The van der Waals surface area contributed by atoms with Gasteiger partial charge in [0, 0.05) is 22.3 Å². The molecule has 0 fully saturated rings. The third kappa shape index (κ3) is 4.91. The molecule has 1 unspecified atom stereocenters. The van der Waals surface area contributed by atoms with Crippen LogP contribution < -0.4 is 16.6 Å². The molecule has 0 spiro atoms. The Morgan fingerprint density at radius 3 is 2.57 bits per heavy atom. The summed E-state index contributed by atoms with van der Waals surface area (Å²) in [6.45, 7) is 4.25. The van der Waals surface area contributed by atoms with Crippen molar-refractivity contribution in [1.29, 1.82) is 0 Å². The molecule has 2 amide bonds. The minimum absolute atomic E-state index is 0.125. The quantitative estimate of drug-likeness (QED) is 0.388. The Bertz CT molecular complexity index is 1160. The number of amides is 2. The van der Waals surface area contributed by atoms with E-state index in [1.165, 1.54) is 11.8 Å². The molecule has 1 aromatic heterocycles. The first-order valence-corrected chi connectivity index (χ1v) is 11.0. The van der Waals surface area contributed by atoms with E-state index in [2.05, 4.69) is 26.2 Å². The van der Waals surface area contributed by atoms with Gasteiger partial charge in [-0.3, -0.25) is 19.0 Å². The summed E-state index contributed by atoms with van der Waals surface area (Å²) >= 11 is 4.62. The zero-order chi connectivity index (χ0) is 21.8. The fourth-order valence-corrected chi connectivity index (χ4v) is 4.15. The second kappa shape index (κ2) is 9.44. The van der Waals surface area contributed by atoms with Crippen LogP contribution >= 0.6 is 27.7 Å². The highest BCUT2D eigenvalue weighted by atomic mass is 79.9. The molecule has 3 aromatic rings. The maximum atomic E-state index is 13.0. The van der Waals surface area contributed by atoms with E-state index in [4.69, 9.17) is 5.73 Å². The molecular weight excluding hydrogens is 468 g/mol. The van der Waals surface area contributed by atoms with Crippen molar-refractivity contribution in [2.45, 2.75) is 37.2 Å². The van der Waals surface area contributed by atoms with Crippen LogP contribution in [0.3, 0.4) is 0 Å². The Balaban J connectivity index is 1.84. The third-order valence-corrected chi connectivity index (χ3v) is 6.00. The van der Waals surface area contributed by atoms with E-state index in [0.29, 0.717) is 33.9 Å². The average molecular weight is 489 g/mol. The van der Waals surface area contributed by atoms with Crippen molar-refractivity contribution in [2.75, 3.05) is 5.32 Å². The van der Waals surface area contributed by atoms with Crippen LogP contribution in [0.5, 0.6) is 0 Å². The first kappa shape index (κ1) is 22.0. The van der Waals surface area contributed by atoms with Gasteiger partial charge in [-0.05, 0) is 55.8 Å². The lowest BCUT2D eigenvalue weighted by atomic mass is 10.2. The Morgan fingerprint density at radius 1 is 1.23 bits per heavy atom. The van der Waals surface area contributed by atoms with E-state index in [1.807, 2.05) is 13.0 Å². The Hall–Kier alpha value is -2.65. The minimum Gasteiger partial charge on any atom is -0.366 e. The molecule has 0 bridgehead atoms. The fraction of sp³-hybridized carbons (Fsp3) is 0.238. The molecule has 7 nitrogen and oxygen atoms in total. The summed E-state index contributed by atoms with van der Waals surface area (Å²) in [4.78, 5) is 41.4. The number of hydrogen-bond acceptors (Lipinski definition) is 5. The first-order valence-electron chi connectivity index (χ1n) is 9.37. The molecule has 9 heteroatoms. The highest BCUT2D eigenvalue weighted by Crippen LogP contribution is 2.25. The van der Waals surface area contributed by atoms with Crippen LogP contribution in [0.1, 0.15) is 30.6 Å². The number of hydrogen-bond donors (Lipinski definition) is 2. The smallest absolute Gasteiger partial charge is 0.262 e. The number of rotatable bonds is 7. The molecule has 0 saturated carbocycles. The molecule has 1 heterocycles. The Morgan fingerprint density at radius 2 is 1.93 bits per heavy atom. The van der Waals surface area contributed by atoms with Crippen molar-refractivity contribution in [2.24, 2.45) is 5.73 Å². The topological polar surface area (TPSA) is 107 Å². The zero-order valence-electron chi connectivity index (χ0n) is 16.5. The maximum absolute atomic E-state index is 13.0. The predicted octanol–water partition coefficient (Wildman–Crippen LogP) is 3.79. The standard InChI is InChI=1S/C21H21BrN4O3S/c1-3-10-26-20(29)16-11-14(22)6-9-17(16)25-21(26)30-12(2)19(28)24-15-7-4-13(5-8-15)18(23)27/h4-9,11-12H,3,10H2,1-2H3,(H2,23,27)(H,24,28). The highest BCUT2D eigenvalue weighted by Gasteiger charge is 2.19. The number of primary amides is 1. The van der Waals surface area contributed by atoms with Gasteiger partial charge in [0.1, 0.15) is 0 Å². The number of aromatic nitrogens is 2. The van der Waals surface area contributed by atoms with Crippen LogP contribution in [-0.2, 0) is 11.3 Å². The van der Waals surface area contributed by atoms with Crippen molar-refractivity contribution in [3.63, 3.8) is 0 Å². The second-order valence-electron chi connectivity index (χ2n) is 6.70. The minimum atomic E-state index is -0.528. The number of anilines is 1. The van der Waals surface area contributed by atoms with E-state index >= 15 is 0 Å². The summed E-state index contributed by atoms with van der Waals surface area (Å²) in [6, 6.07) is 11.7. The van der Waals surface area contributed by atoms with Crippen LogP contribution in [0, 0.1) is 0 Å². The van der Waals surface area contributed by atoms with Crippen LogP contribution in [0.2, 0.25) is 0 Å². The number of nitrogens with zero attached hydrogens (tertiary/aromatic N) is 2. The van der Waals surface area contributed by atoms with Gasteiger partial charge < -0.3 is 11.1 Å². The van der Waals surface area contributed by atoms with Crippen LogP contribution in [0.4, 0.5) is 5.69 Å². The summed E-state index contributed by atoms with van der Waals surface area (Å²) in [5, 5.41) is 3.35. The van der Waals surface area contributed by atoms with Crippen molar-refractivity contribution < 1.29 is 9.59 Å². The van der Waals surface area contributed by atoms with E-state index in [1.54, 1.807) is 47.9 Å². The first-order chi connectivity index (χ1) is 14.3. The van der Waals surface area contributed by atoms with E-state index in [9.17, 15) is 14.4 Å². The van der Waals surface area contributed by atoms with Gasteiger partial charge in [-0.25, -0.2) is 4.98 Å². The van der Waals surface area contributed by atoms with Crippen molar-refractivity contribution in [3.05, 3.63) is 62.9 Å². The summed E-state index contributed by atoms with van der Waals surface area (Å²) in [7, 11) is 0. The molecular formula is C21H21BrN4O3S. The fourth-order valence-electron chi connectivity index (χ4n) is 2.86. The maximum Gasteiger partial charge on any atom is 0.262 e. The monoisotopic (exact) mass is 488 g/mol. The van der Waals surface area contributed by atoms with Gasteiger partial charge >= 0.3 is 0 Å². The summed E-state index contributed by atoms with van der Waals surface area (Å²) in [5.74, 6) is -0.764. The molecule has 0 saturated heterocycles. The number of carbonyl (C=O) groups is 2. The third-order valence-electron chi connectivity index (χ3n) is 4.42. The molecule has 0 radical (unpaired) electrons. The Kier molecular flexibility index (Phi) is 6.94. The molecule has 30 heavy (non-hydrogen) atoms. The number of benzene rings is 2. The lowest BCUT2D eigenvalue weighted by Crippen LogP contribution is -2.27. The van der Waals surface area contributed by atoms with Crippen LogP contribution in [-0.4, -0.2) is 26.6 Å². The van der Waals surface area contributed by atoms with Gasteiger partial charge in [0.25, 0.3) is 5.56 Å². The molecule has 0 aliphatic carbocycles. The molecule has 3 N–H and O–H groups in total. The molecule has 1 atom stereocenters. The SMILES string of the molecule is CCCn1c(SC(C)C(=O)Nc2ccc(C(N)=O)cc2)nc2ccc(Br)cc2c1=O. The normalized spacial score (nSPS) is 12.0. The van der Waals surface area contributed by atoms with Crippen LogP contribution in [0.25, 0.3) is 10.9 Å². The number of thioether (sulfide) groups is 1. The van der Waals surface area contributed by atoms with Crippen LogP contribution in [0.15, 0.2) is 56.9 Å². The summed E-state index contributed by atoms with van der Waals surface area (Å²) in [5.41, 5.74) is 6.62. The van der Waals surface area contributed by atoms with Gasteiger partial charge in [-0.1, -0.05) is 34.6 Å². The van der Waals surface area contributed by atoms with Crippen molar-refractivity contribution >= 4 is 56.1 Å². The molecule has 2 aromatic carbocycles. The molecule has 156 valence electrons. The Labute approximate surface area is 186 Å². The van der Waals surface area contributed by atoms with Crippen molar-refractivity contribution in [1.82, 2.24) is 9.55 Å². The van der Waals surface area contributed by atoms with Gasteiger partial charge in [0.15, 0.2) is 5.16 Å². The molecule has 3 rings (SSSR count). The van der Waals surface area contributed by atoms with Crippen molar-refractivity contribution in [3.8, 4) is 0 Å². The predicted molar refractivity (Wildman–Crippen MR) is 123 cm³/mol. The van der Waals surface area contributed by atoms with Gasteiger partial charge in [-0.2, -0.15) is 0 Å². The lowest BCUT2D eigenvalue weighted by Gasteiger charge is -2.16. The number of nitrogens with two attached hydrogens (primary N) is 1. The number of halogens is 1. The van der Waals surface area contributed by atoms with E-state index < -0.39 is 11.2 Å². The van der Waals surface area contributed by atoms with Gasteiger partial charge in [0.05, 0.1) is 16.2 Å². The number of nitrogens with one attached hydrogen (secondary N) is 1. The zero-order valence-corrected chi connectivity index (χ0v) is 18.9. The largest absolute Gasteiger partial charge is 0.366 e. The number of carbonyl (C=O) groups excluding carboxylic acids is 2. The van der Waals surface area contributed by atoms with Gasteiger partial charge in [0.2, 0.25) is 11.8 Å². The molecule has 0 aliphatic rings.